The molecule has 3 heterocycles. The van der Waals surface area contributed by atoms with E-state index in [9.17, 15) is 0 Å². The van der Waals surface area contributed by atoms with Gasteiger partial charge in [-0.1, -0.05) is 57.4 Å². The van der Waals surface area contributed by atoms with Gasteiger partial charge in [0.2, 0.25) is 0 Å². The Morgan fingerprint density at radius 1 is 1.14 bits per heavy atom. The van der Waals surface area contributed by atoms with Gasteiger partial charge in [0.25, 0.3) is 0 Å². The minimum Gasteiger partial charge on any atom is -0.350 e. The highest BCUT2D eigenvalue weighted by Gasteiger charge is 2.53. The first kappa shape index (κ1) is 18.5. The monoisotopic (exact) mass is 371 g/mol. The molecule has 0 aliphatic carbocycles. The Morgan fingerprint density at radius 3 is 2.50 bits per heavy atom. The van der Waals surface area contributed by atoms with Gasteiger partial charge >= 0.3 is 0 Å². The molecule has 0 N–H and O–H groups in total. The number of fused-ring (bicyclic) bond motifs is 5. The first-order chi connectivity index (χ1) is 13.5. The van der Waals surface area contributed by atoms with Crippen LogP contribution < -0.4 is 9.80 Å². The highest BCUT2D eigenvalue weighted by Crippen LogP contribution is 2.59. The van der Waals surface area contributed by atoms with Crippen LogP contribution in [0, 0.1) is 5.41 Å². The quantitative estimate of drug-likeness (QED) is 0.578. The summed E-state index contributed by atoms with van der Waals surface area (Å²) >= 11 is 0. The van der Waals surface area contributed by atoms with Crippen LogP contribution in [0.4, 0.5) is 17.2 Å². The van der Waals surface area contributed by atoms with E-state index in [0.717, 1.165) is 29.9 Å². The lowest BCUT2D eigenvalue weighted by Gasteiger charge is -2.51. The second kappa shape index (κ2) is 6.66. The molecule has 0 saturated carbocycles. The second-order valence-corrected chi connectivity index (χ2v) is 7.70. The summed E-state index contributed by atoms with van der Waals surface area (Å²) in [6.45, 7) is 15.1. The molecule has 1 aromatic carbocycles. The van der Waals surface area contributed by atoms with E-state index in [4.69, 9.17) is 4.98 Å². The van der Waals surface area contributed by atoms with Crippen LogP contribution in [-0.4, -0.2) is 18.2 Å². The molecule has 2 aliphatic heterocycles. The van der Waals surface area contributed by atoms with Gasteiger partial charge in [0.15, 0.2) is 5.82 Å². The van der Waals surface area contributed by atoms with Crippen molar-refractivity contribution in [1.29, 1.82) is 0 Å². The predicted octanol–water partition coefficient (Wildman–Crippen LogP) is 6.42. The normalized spacial score (nSPS) is 19.9. The van der Waals surface area contributed by atoms with Gasteiger partial charge in [0, 0.05) is 18.0 Å². The first-order valence-corrected chi connectivity index (χ1v) is 10.1. The van der Waals surface area contributed by atoms with Crippen LogP contribution in [0.25, 0.3) is 11.1 Å². The predicted molar refractivity (Wildman–Crippen MR) is 121 cm³/mol. The Morgan fingerprint density at radius 2 is 1.86 bits per heavy atom. The van der Waals surface area contributed by atoms with Crippen LogP contribution in [-0.2, 0) is 0 Å². The smallest absolute Gasteiger partial charge is 0.159 e. The maximum absolute atomic E-state index is 5.10. The third-order valence-corrected chi connectivity index (χ3v) is 6.75. The summed E-state index contributed by atoms with van der Waals surface area (Å²) in [6, 6.07) is 12.9. The van der Waals surface area contributed by atoms with Crippen LogP contribution in [0.2, 0.25) is 0 Å². The van der Waals surface area contributed by atoms with E-state index >= 15 is 0 Å². The SMILES string of the molecule is C=CC(=CC)c1ccc2c(n1)N1c3ccccc3C(=C)C(CC)(CC)C1N2C. The van der Waals surface area contributed by atoms with Crippen molar-refractivity contribution in [3.8, 4) is 0 Å². The van der Waals surface area contributed by atoms with Crippen LogP contribution >= 0.6 is 0 Å². The fourth-order valence-corrected chi connectivity index (χ4v) is 5.11. The molecule has 0 saturated heterocycles. The minimum atomic E-state index is -0.0220. The maximum Gasteiger partial charge on any atom is 0.159 e. The van der Waals surface area contributed by atoms with Crippen molar-refractivity contribution in [2.45, 2.75) is 39.8 Å². The van der Waals surface area contributed by atoms with E-state index in [0.29, 0.717) is 0 Å². The molecular formula is C25H29N3. The first-order valence-electron chi connectivity index (χ1n) is 10.1. The summed E-state index contributed by atoms with van der Waals surface area (Å²) in [5.74, 6) is 1.03. The number of rotatable bonds is 4. The Kier molecular flexibility index (Phi) is 4.41. The molecule has 0 fully saturated rings. The van der Waals surface area contributed by atoms with E-state index in [1.54, 1.807) is 0 Å². The largest absolute Gasteiger partial charge is 0.350 e. The number of hydrogen-bond donors (Lipinski definition) is 0. The average molecular weight is 372 g/mol. The minimum absolute atomic E-state index is 0.0220. The van der Waals surface area contributed by atoms with Gasteiger partial charge in [-0.2, -0.15) is 0 Å². The molecule has 3 nitrogen and oxygen atoms in total. The Hall–Kier alpha value is -2.81. The number of anilines is 3. The fraction of sp³-hybridized carbons (Fsp3) is 0.320. The van der Waals surface area contributed by atoms with Crippen LogP contribution in [0.5, 0.6) is 0 Å². The molecule has 0 amide bonds. The number of allylic oxidation sites excluding steroid dienone is 3. The van der Waals surface area contributed by atoms with E-state index in [1.807, 2.05) is 13.0 Å². The van der Waals surface area contributed by atoms with Crippen molar-refractivity contribution in [2.24, 2.45) is 5.41 Å². The molecule has 1 atom stereocenters. The molecular weight excluding hydrogens is 342 g/mol. The molecule has 1 aromatic heterocycles. The van der Waals surface area contributed by atoms with E-state index in [-0.39, 0.29) is 11.6 Å². The summed E-state index contributed by atoms with van der Waals surface area (Å²) in [5.41, 5.74) is 6.85. The summed E-state index contributed by atoms with van der Waals surface area (Å²) in [6.07, 6.45) is 6.19. The third-order valence-electron chi connectivity index (χ3n) is 6.75. The number of nitrogens with zero attached hydrogens (tertiary/aromatic N) is 3. The van der Waals surface area contributed by atoms with E-state index in [2.05, 4.69) is 86.3 Å². The summed E-state index contributed by atoms with van der Waals surface area (Å²) < 4.78 is 0. The zero-order valence-electron chi connectivity index (χ0n) is 17.4. The van der Waals surface area contributed by atoms with Gasteiger partial charge in [-0.15, -0.1) is 0 Å². The number of aromatic nitrogens is 1. The Bertz CT molecular complexity index is 981. The summed E-state index contributed by atoms with van der Waals surface area (Å²) in [4.78, 5) is 9.93. The Labute approximate surface area is 168 Å². The molecule has 0 radical (unpaired) electrons. The van der Waals surface area contributed by atoms with E-state index < -0.39 is 0 Å². The third kappa shape index (κ3) is 2.25. The zero-order chi connectivity index (χ0) is 20.1. The molecule has 0 spiro atoms. The highest BCUT2D eigenvalue weighted by atomic mass is 15.4. The van der Waals surface area contributed by atoms with Gasteiger partial charge in [0.1, 0.15) is 6.17 Å². The molecule has 1 unspecified atom stereocenters. The van der Waals surface area contributed by atoms with Gasteiger partial charge in [-0.3, -0.25) is 0 Å². The molecule has 2 aromatic rings. The van der Waals surface area contributed by atoms with Crippen LogP contribution in [0.3, 0.4) is 0 Å². The lowest BCUT2D eigenvalue weighted by atomic mass is 9.67. The van der Waals surface area contributed by atoms with Crippen LogP contribution in [0.15, 0.2) is 61.7 Å². The molecule has 4 rings (SSSR count). The Balaban J connectivity index is 2.00. The van der Waals surface area contributed by atoms with E-state index in [1.165, 1.54) is 22.5 Å². The number of hydrogen-bond acceptors (Lipinski definition) is 3. The number of benzene rings is 1. The number of para-hydroxylation sites is 1. The lowest BCUT2D eigenvalue weighted by molar-refractivity contribution is 0.290. The van der Waals surface area contributed by atoms with Crippen molar-refractivity contribution in [1.82, 2.24) is 4.98 Å². The van der Waals surface area contributed by atoms with Crippen molar-refractivity contribution in [3.63, 3.8) is 0 Å². The highest BCUT2D eigenvalue weighted by molar-refractivity contribution is 5.93. The molecule has 28 heavy (non-hydrogen) atoms. The average Bonchev–Trinajstić information content (AvgIpc) is 3.03. The van der Waals surface area contributed by atoms with Crippen molar-refractivity contribution >= 4 is 28.3 Å². The fourth-order valence-electron chi connectivity index (χ4n) is 5.11. The van der Waals surface area contributed by atoms with Crippen molar-refractivity contribution in [2.75, 3.05) is 16.8 Å². The molecule has 144 valence electrons. The van der Waals surface area contributed by atoms with Gasteiger partial charge in [-0.05, 0) is 49.1 Å². The van der Waals surface area contributed by atoms with Gasteiger partial charge < -0.3 is 9.80 Å². The molecule has 0 bridgehead atoms. The zero-order valence-corrected chi connectivity index (χ0v) is 17.4. The van der Waals surface area contributed by atoms with Crippen molar-refractivity contribution < 1.29 is 0 Å². The van der Waals surface area contributed by atoms with Crippen molar-refractivity contribution in [3.05, 3.63) is 73.0 Å². The number of pyridine rings is 1. The second-order valence-electron chi connectivity index (χ2n) is 7.70. The van der Waals surface area contributed by atoms with Gasteiger partial charge in [-0.25, -0.2) is 4.98 Å². The summed E-state index contributed by atoms with van der Waals surface area (Å²) in [7, 11) is 2.19. The lowest BCUT2D eigenvalue weighted by Crippen LogP contribution is -2.54. The molecule has 3 heteroatoms. The maximum atomic E-state index is 5.10. The van der Waals surface area contributed by atoms with Gasteiger partial charge in [0.05, 0.1) is 17.1 Å². The topological polar surface area (TPSA) is 19.4 Å². The molecule has 2 aliphatic rings. The van der Waals surface area contributed by atoms with Crippen LogP contribution in [0.1, 0.15) is 44.9 Å². The standard InChI is InChI=1S/C25H29N3/c1-7-18(8-2)20-15-16-22-23(26-20)28-21-14-12-11-13-19(21)17(5)25(9-3,10-4)24(28)27(22)6/h7-8,11-16,24H,1,5,9-10H2,2-4,6H3. The summed E-state index contributed by atoms with van der Waals surface area (Å²) in [5, 5.41) is 0.